The van der Waals surface area contributed by atoms with Crippen LogP contribution in [0.1, 0.15) is 25.8 Å². The van der Waals surface area contributed by atoms with E-state index in [-0.39, 0.29) is 0 Å². The molecule has 0 spiro atoms. The maximum absolute atomic E-state index is 11.1. The summed E-state index contributed by atoms with van der Waals surface area (Å²) in [5.41, 5.74) is 11.1. The Balaban J connectivity index is 2.65. The van der Waals surface area contributed by atoms with Crippen LogP contribution in [0.3, 0.4) is 0 Å². The Labute approximate surface area is 113 Å². The molecule has 1 amide bonds. The van der Waals surface area contributed by atoms with Crippen LogP contribution in [-0.4, -0.2) is 25.2 Å². The molecule has 4 N–H and O–H groups in total. The predicted octanol–water partition coefficient (Wildman–Crippen LogP) is 1.23. The molecule has 0 aliphatic carbocycles. The number of carbonyl (C=O) groups excluding carboxylic acids is 1. The molecule has 1 unspecified atom stereocenters. The highest BCUT2D eigenvalue weighted by Crippen LogP contribution is 2.28. The number of hydrogen-bond donors (Lipinski definition) is 2. The number of amides is 1. The molecule has 0 fully saturated rings. The maximum atomic E-state index is 11.1. The lowest BCUT2D eigenvalue weighted by atomic mass is 9.99. The van der Waals surface area contributed by atoms with Gasteiger partial charge in [-0.2, -0.15) is 0 Å². The number of nitrogens with two attached hydrogens (primary N) is 2. The van der Waals surface area contributed by atoms with Crippen molar-refractivity contribution in [2.75, 3.05) is 13.7 Å². The van der Waals surface area contributed by atoms with Crippen LogP contribution in [0, 0.1) is 0 Å². The molecule has 0 aliphatic rings. The van der Waals surface area contributed by atoms with Crippen molar-refractivity contribution in [2.24, 2.45) is 11.5 Å². The molecule has 0 radical (unpaired) electrons. The molecule has 0 heterocycles. The third kappa shape index (κ3) is 4.13. The van der Waals surface area contributed by atoms with Crippen molar-refractivity contribution in [1.82, 2.24) is 0 Å². The standard InChI is InChI=1S/C14H22N2O3/c1-4-10-5-6-11(12(9-10)18-3)19-8-7-14(2,16)13(15)17/h5-6,9H,4,7-8,16H2,1-3H3,(H2,15,17). The first-order valence-electron chi connectivity index (χ1n) is 6.29. The largest absolute Gasteiger partial charge is 0.493 e. The van der Waals surface area contributed by atoms with E-state index in [0.29, 0.717) is 24.5 Å². The summed E-state index contributed by atoms with van der Waals surface area (Å²) in [6, 6.07) is 5.77. The number of rotatable bonds is 7. The van der Waals surface area contributed by atoms with Crippen LogP contribution in [0.2, 0.25) is 0 Å². The molecular weight excluding hydrogens is 244 g/mol. The summed E-state index contributed by atoms with van der Waals surface area (Å²) in [6.45, 7) is 3.97. The van der Waals surface area contributed by atoms with Crippen LogP contribution in [0.15, 0.2) is 18.2 Å². The van der Waals surface area contributed by atoms with Crippen molar-refractivity contribution in [3.8, 4) is 11.5 Å². The first-order valence-corrected chi connectivity index (χ1v) is 6.29. The second kappa shape index (κ2) is 6.43. The Hall–Kier alpha value is -1.75. The van der Waals surface area contributed by atoms with Gasteiger partial charge in [-0.3, -0.25) is 4.79 Å². The lowest BCUT2D eigenvalue weighted by Gasteiger charge is -2.20. The molecule has 1 atom stereocenters. The highest BCUT2D eigenvalue weighted by Gasteiger charge is 2.25. The van der Waals surface area contributed by atoms with Gasteiger partial charge in [0.25, 0.3) is 0 Å². The van der Waals surface area contributed by atoms with Gasteiger partial charge in [-0.05, 0) is 31.0 Å². The van der Waals surface area contributed by atoms with Gasteiger partial charge < -0.3 is 20.9 Å². The fourth-order valence-corrected chi connectivity index (χ4v) is 1.55. The van der Waals surface area contributed by atoms with E-state index < -0.39 is 11.4 Å². The van der Waals surface area contributed by atoms with E-state index in [2.05, 4.69) is 6.92 Å². The molecular formula is C14H22N2O3. The zero-order valence-electron chi connectivity index (χ0n) is 11.7. The summed E-state index contributed by atoms with van der Waals surface area (Å²) in [5.74, 6) is 0.779. The summed E-state index contributed by atoms with van der Waals surface area (Å²) in [6.07, 6.45) is 1.28. The third-order valence-electron chi connectivity index (χ3n) is 3.08. The number of ether oxygens (including phenoxy) is 2. The van der Waals surface area contributed by atoms with Crippen molar-refractivity contribution in [3.63, 3.8) is 0 Å². The molecule has 0 aliphatic heterocycles. The highest BCUT2D eigenvalue weighted by molar-refractivity contribution is 5.83. The molecule has 0 saturated heterocycles. The molecule has 106 valence electrons. The fraction of sp³-hybridized carbons (Fsp3) is 0.500. The average molecular weight is 266 g/mol. The van der Waals surface area contributed by atoms with Crippen LogP contribution in [0.25, 0.3) is 0 Å². The quantitative estimate of drug-likeness (QED) is 0.777. The van der Waals surface area contributed by atoms with E-state index in [9.17, 15) is 4.79 Å². The van der Waals surface area contributed by atoms with E-state index in [4.69, 9.17) is 20.9 Å². The summed E-state index contributed by atoms with van der Waals surface area (Å²) in [7, 11) is 1.60. The monoisotopic (exact) mass is 266 g/mol. The molecule has 1 aromatic carbocycles. The first-order chi connectivity index (χ1) is 8.90. The Morgan fingerprint density at radius 3 is 2.58 bits per heavy atom. The number of carbonyl (C=O) groups is 1. The van der Waals surface area contributed by atoms with E-state index in [1.807, 2.05) is 18.2 Å². The number of benzene rings is 1. The zero-order valence-corrected chi connectivity index (χ0v) is 11.7. The fourth-order valence-electron chi connectivity index (χ4n) is 1.55. The first kappa shape index (κ1) is 15.3. The van der Waals surface area contributed by atoms with Crippen LogP contribution in [-0.2, 0) is 11.2 Å². The minimum Gasteiger partial charge on any atom is -0.493 e. The third-order valence-corrected chi connectivity index (χ3v) is 3.08. The molecule has 5 nitrogen and oxygen atoms in total. The molecule has 1 rings (SSSR count). The highest BCUT2D eigenvalue weighted by atomic mass is 16.5. The minimum atomic E-state index is -1.06. The summed E-state index contributed by atoms with van der Waals surface area (Å²) >= 11 is 0. The Kier molecular flexibility index (Phi) is 5.18. The van der Waals surface area contributed by atoms with Crippen LogP contribution >= 0.6 is 0 Å². The maximum Gasteiger partial charge on any atom is 0.237 e. The van der Waals surface area contributed by atoms with Crippen molar-refractivity contribution < 1.29 is 14.3 Å². The summed E-state index contributed by atoms with van der Waals surface area (Å²) in [4.78, 5) is 11.1. The summed E-state index contributed by atoms with van der Waals surface area (Å²) in [5, 5.41) is 0. The molecule has 0 saturated carbocycles. The SMILES string of the molecule is CCc1ccc(OCCC(C)(N)C(N)=O)c(OC)c1. The molecule has 0 bridgehead atoms. The van der Waals surface area contributed by atoms with Gasteiger partial charge in [-0.25, -0.2) is 0 Å². The number of methoxy groups -OCH3 is 1. The number of aryl methyl sites for hydroxylation is 1. The Morgan fingerprint density at radius 1 is 1.37 bits per heavy atom. The Morgan fingerprint density at radius 2 is 2.05 bits per heavy atom. The van der Waals surface area contributed by atoms with Crippen molar-refractivity contribution >= 4 is 5.91 Å². The van der Waals surface area contributed by atoms with Gasteiger partial charge in [0, 0.05) is 6.42 Å². The zero-order chi connectivity index (χ0) is 14.5. The topological polar surface area (TPSA) is 87.6 Å². The van der Waals surface area contributed by atoms with Crippen molar-refractivity contribution in [1.29, 1.82) is 0 Å². The van der Waals surface area contributed by atoms with E-state index in [1.165, 1.54) is 5.56 Å². The van der Waals surface area contributed by atoms with Gasteiger partial charge in [-0.15, -0.1) is 0 Å². The minimum absolute atomic E-state index is 0.303. The Bertz CT molecular complexity index is 444. The molecule has 5 heteroatoms. The van der Waals surface area contributed by atoms with Gasteiger partial charge in [0.15, 0.2) is 11.5 Å². The summed E-state index contributed by atoms with van der Waals surface area (Å²) < 4.78 is 10.9. The van der Waals surface area contributed by atoms with E-state index in [1.54, 1.807) is 14.0 Å². The predicted molar refractivity (Wildman–Crippen MR) is 74.3 cm³/mol. The van der Waals surface area contributed by atoms with Gasteiger partial charge in [-0.1, -0.05) is 13.0 Å². The lowest BCUT2D eigenvalue weighted by Crippen LogP contribution is -2.50. The smallest absolute Gasteiger partial charge is 0.237 e. The van der Waals surface area contributed by atoms with Crippen LogP contribution < -0.4 is 20.9 Å². The van der Waals surface area contributed by atoms with E-state index >= 15 is 0 Å². The van der Waals surface area contributed by atoms with Crippen LogP contribution in [0.5, 0.6) is 11.5 Å². The normalized spacial score (nSPS) is 13.7. The average Bonchev–Trinajstić information content (AvgIpc) is 2.38. The van der Waals surface area contributed by atoms with Gasteiger partial charge in [0.1, 0.15) is 0 Å². The van der Waals surface area contributed by atoms with Crippen molar-refractivity contribution in [3.05, 3.63) is 23.8 Å². The molecule has 0 aromatic heterocycles. The second-order valence-corrected chi connectivity index (χ2v) is 4.72. The number of hydrogen-bond acceptors (Lipinski definition) is 4. The lowest BCUT2D eigenvalue weighted by molar-refractivity contribution is -0.123. The van der Waals surface area contributed by atoms with Gasteiger partial charge >= 0.3 is 0 Å². The van der Waals surface area contributed by atoms with E-state index in [0.717, 1.165) is 6.42 Å². The van der Waals surface area contributed by atoms with Crippen molar-refractivity contribution in [2.45, 2.75) is 32.2 Å². The molecule has 19 heavy (non-hydrogen) atoms. The van der Waals surface area contributed by atoms with Crippen LogP contribution in [0.4, 0.5) is 0 Å². The second-order valence-electron chi connectivity index (χ2n) is 4.72. The van der Waals surface area contributed by atoms with Gasteiger partial charge in [0.05, 0.1) is 19.3 Å². The number of primary amides is 1. The van der Waals surface area contributed by atoms with Gasteiger partial charge in [0.2, 0.25) is 5.91 Å². The molecule has 1 aromatic rings.